The maximum atomic E-state index is 12.5. The molecule has 3 atom stereocenters. The lowest BCUT2D eigenvalue weighted by molar-refractivity contribution is -0.161. The van der Waals surface area contributed by atoms with Crippen LogP contribution in [-0.4, -0.2) is 71.5 Å². The molecule has 0 bridgehead atoms. The Balaban J connectivity index is 4.45. The van der Waals surface area contributed by atoms with Crippen LogP contribution in [0, 0.1) is 0 Å². The van der Waals surface area contributed by atoms with Gasteiger partial charge in [-0.15, -0.1) is 0 Å². The Hall–Kier alpha value is -2.14. The molecule has 12 heteroatoms. The molecule has 11 nitrogen and oxygen atoms in total. The fourth-order valence-electron chi connectivity index (χ4n) is 5.09. The summed E-state index contributed by atoms with van der Waals surface area (Å²) in [5.41, 5.74) is 0. The minimum Gasteiger partial charge on any atom is -0.462 e. The van der Waals surface area contributed by atoms with Gasteiger partial charge in [0.15, 0.2) is 11.9 Å². The van der Waals surface area contributed by atoms with Crippen molar-refractivity contribution in [1.82, 2.24) is 0 Å². The van der Waals surface area contributed by atoms with E-state index < -0.39 is 51.8 Å². The zero-order valence-corrected chi connectivity index (χ0v) is 33.2. The van der Waals surface area contributed by atoms with Crippen LogP contribution in [0.1, 0.15) is 162 Å². The molecule has 1 unspecified atom stereocenters. The average molecular weight is 759 g/mol. The second-order valence-electron chi connectivity index (χ2n) is 13.3. The summed E-state index contributed by atoms with van der Waals surface area (Å²) in [5, 5.41) is 18.3. The van der Waals surface area contributed by atoms with Crippen LogP contribution in [0.2, 0.25) is 0 Å². The minimum atomic E-state index is -4.64. The Morgan fingerprint density at radius 1 is 0.615 bits per heavy atom. The molecule has 0 aromatic heterocycles. The van der Waals surface area contributed by atoms with Crippen LogP contribution in [0.3, 0.4) is 0 Å². The summed E-state index contributed by atoms with van der Waals surface area (Å²) >= 11 is 0. The third-order valence-electron chi connectivity index (χ3n) is 8.24. The lowest BCUT2D eigenvalue weighted by atomic mass is 10.1. The maximum Gasteiger partial charge on any atom is 0.472 e. The Bertz CT molecular complexity index is 1030. The normalized spacial score (nSPS) is 14.2. The van der Waals surface area contributed by atoms with E-state index in [0.717, 1.165) is 70.6 Å². The number of aliphatic hydroxyl groups is 2. The fourth-order valence-corrected chi connectivity index (χ4v) is 5.87. The molecule has 0 aromatic carbocycles. The van der Waals surface area contributed by atoms with Gasteiger partial charge in [-0.05, 0) is 63.9 Å². The highest BCUT2D eigenvalue weighted by atomic mass is 31.2. The minimum absolute atomic E-state index is 0.107. The molecule has 0 rings (SSSR count). The van der Waals surface area contributed by atoms with E-state index in [2.05, 4.69) is 36.6 Å². The van der Waals surface area contributed by atoms with Crippen molar-refractivity contribution in [2.75, 3.05) is 26.4 Å². The highest BCUT2D eigenvalue weighted by Gasteiger charge is 2.27. The number of hydrogen-bond acceptors (Lipinski definition) is 10. The monoisotopic (exact) mass is 758 g/mol. The second kappa shape index (κ2) is 35.9. The van der Waals surface area contributed by atoms with Crippen molar-refractivity contribution < 1.29 is 52.6 Å². The van der Waals surface area contributed by atoms with Crippen LogP contribution in [0.5, 0.6) is 0 Å². The highest BCUT2D eigenvalue weighted by molar-refractivity contribution is 7.47. The topological polar surface area (TPSA) is 166 Å². The summed E-state index contributed by atoms with van der Waals surface area (Å²) in [6, 6.07) is 0. The predicted molar refractivity (Wildman–Crippen MR) is 206 cm³/mol. The number of phosphoric ester groups is 1. The quantitative estimate of drug-likeness (QED) is 0.0138. The van der Waals surface area contributed by atoms with Gasteiger partial charge in [0, 0.05) is 19.3 Å². The van der Waals surface area contributed by atoms with Crippen LogP contribution in [0.15, 0.2) is 36.5 Å². The summed E-state index contributed by atoms with van der Waals surface area (Å²) in [6.07, 6.45) is 30.8. The number of ether oxygens (including phenoxy) is 2. The van der Waals surface area contributed by atoms with E-state index in [9.17, 15) is 28.9 Å². The van der Waals surface area contributed by atoms with Crippen molar-refractivity contribution in [3.63, 3.8) is 0 Å². The lowest BCUT2D eigenvalue weighted by Crippen LogP contribution is -2.29. The van der Waals surface area contributed by atoms with Gasteiger partial charge in [0.1, 0.15) is 12.7 Å². The summed E-state index contributed by atoms with van der Waals surface area (Å²) in [4.78, 5) is 46.8. The number of rotatable bonds is 37. The molecule has 0 amide bonds. The number of hydrogen-bond donors (Lipinski definition) is 3. The molecule has 0 saturated carbocycles. The Morgan fingerprint density at radius 2 is 1.12 bits per heavy atom. The van der Waals surface area contributed by atoms with Crippen LogP contribution < -0.4 is 0 Å². The molecular formula is C40H71O11P. The van der Waals surface area contributed by atoms with Crippen LogP contribution in [0.4, 0.5) is 0 Å². The van der Waals surface area contributed by atoms with E-state index in [1.807, 2.05) is 6.08 Å². The Morgan fingerprint density at radius 3 is 1.75 bits per heavy atom. The molecule has 302 valence electrons. The van der Waals surface area contributed by atoms with Crippen molar-refractivity contribution in [1.29, 1.82) is 0 Å². The lowest BCUT2D eigenvalue weighted by Gasteiger charge is -2.20. The molecule has 0 aliphatic carbocycles. The number of aliphatic hydroxyl groups excluding tert-OH is 2. The summed E-state index contributed by atoms with van der Waals surface area (Å²) in [7, 11) is -4.64. The maximum absolute atomic E-state index is 12.5. The van der Waals surface area contributed by atoms with E-state index in [4.69, 9.17) is 19.1 Å². The Kier molecular flexibility index (Phi) is 34.4. The van der Waals surface area contributed by atoms with Crippen molar-refractivity contribution in [2.24, 2.45) is 0 Å². The highest BCUT2D eigenvalue weighted by Crippen LogP contribution is 2.43. The largest absolute Gasteiger partial charge is 0.472 e. The number of carbonyl (C=O) groups is 3. The fraction of sp³-hybridized carbons (Fsp3) is 0.775. The number of phosphoric acid groups is 1. The third-order valence-corrected chi connectivity index (χ3v) is 9.19. The van der Waals surface area contributed by atoms with Crippen molar-refractivity contribution in [3.05, 3.63) is 36.5 Å². The van der Waals surface area contributed by atoms with Gasteiger partial charge in [0.05, 0.1) is 19.8 Å². The van der Waals surface area contributed by atoms with Gasteiger partial charge in [-0.1, -0.05) is 115 Å². The Labute approximate surface area is 314 Å². The number of esters is 2. The summed E-state index contributed by atoms with van der Waals surface area (Å²) < 4.78 is 32.5. The van der Waals surface area contributed by atoms with Crippen LogP contribution >= 0.6 is 7.82 Å². The molecule has 3 N–H and O–H groups in total. The number of ketones is 1. The van der Waals surface area contributed by atoms with Crippen molar-refractivity contribution >= 4 is 25.5 Å². The first-order valence-corrected chi connectivity index (χ1v) is 21.4. The van der Waals surface area contributed by atoms with Gasteiger partial charge in [0.2, 0.25) is 0 Å². The molecule has 0 radical (unpaired) electrons. The number of unbranched alkanes of at least 4 members (excludes halogenated alkanes) is 16. The molecule has 0 aliphatic rings. The molecule has 0 aliphatic heterocycles. The first kappa shape index (κ1) is 49.9. The molecule has 0 heterocycles. The van der Waals surface area contributed by atoms with Gasteiger partial charge in [-0.3, -0.25) is 23.4 Å². The summed E-state index contributed by atoms with van der Waals surface area (Å²) in [6.45, 7) is 2.15. The van der Waals surface area contributed by atoms with Crippen molar-refractivity contribution in [3.8, 4) is 0 Å². The average Bonchev–Trinajstić information content (AvgIpc) is 3.12. The van der Waals surface area contributed by atoms with Gasteiger partial charge in [-0.2, -0.15) is 0 Å². The van der Waals surface area contributed by atoms with Gasteiger partial charge < -0.3 is 24.6 Å². The molecule has 52 heavy (non-hydrogen) atoms. The first-order chi connectivity index (χ1) is 25.1. The number of carbonyl (C=O) groups excluding carboxylic acids is 3. The summed E-state index contributed by atoms with van der Waals surface area (Å²) in [5.74, 6) is -0.923. The second-order valence-corrected chi connectivity index (χ2v) is 14.8. The predicted octanol–water partition coefficient (Wildman–Crippen LogP) is 9.18. The van der Waals surface area contributed by atoms with Crippen LogP contribution in [-0.2, 0) is 37.5 Å². The zero-order chi connectivity index (χ0) is 38.5. The van der Waals surface area contributed by atoms with E-state index in [-0.39, 0.29) is 25.2 Å². The van der Waals surface area contributed by atoms with E-state index in [1.165, 1.54) is 44.9 Å². The smallest absolute Gasteiger partial charge is 0.462 e. The molecule has 0 fully saturated rings. The molecule has 0 aromatic rings. The van der Waals surface area contributed by atoms with Gasteiger partial charge >= 0.3 is 19.8 Å². The van der Waals surface area contributed by atoms with Crippen LogP contribution in [0.25, 0.3) is 0 Å². The third kappa shape index (κ3) is 34.9. The number of allylic oxidation sites excluding steroid dienone is 6. The van der Waals surface area contributed by atoms with E-state index in [0.29, 0.717) is 19.3 Å². The van der Waals surface area contributed by atoms with Crippen molar-refractivity contribution in [2.45, 2.75) is 174 Å². The van der Waals surface area contributed by atoms with Gasteiger partial charge in [-0.25, -0.2) is 4.57 Å². The van der Waals surface area contributed by atoms with E-state index >= 15 is 0 Å². The first-order valence-electron chi connectivity index (χ1n) is 19.9. The standard InChI is InChI=1S/C40H71O11P/c1-3-5-7-9-11-12-13-14-15-16-18-22-27-31-40(45)51-38(35-50-52(46,47)49-33-37(43)32-41)34-48-39(44)30-26-23-19-21-25-29-36(42)28-24-20-17-10-8-6-4-2/h12-13,17,20,24,28,37-38,41,43H,3-11,14-16,18-19,21-23,25-27,29-35H2,1-2H3,(H,46,47)/b13-12-,20-17-,28-24+/t37-,38+/m0/s1. The van der Waals surface area contributed by atoms with E-state index in [1.54, 1.807) is 12.2 Å². The van der Waals surface area contributed by atoms with Gasteiger partial charge in [0.25, 0.3) is 0 Å². The molecular weight excluding hydrogens is 687 g/mol. The SMILES string of the molecule is CCCCC/C=C\C=C\C(=O)CCCCCCCC(=O)OC[C@H](COP(=O)(O)OC[C@@H](O)CO)OC(=O)CCCCCCC/C=C\CCCCCC. The molecule has 0 spiro atoms. The zero-order valence-electron chi connectivity index (χ0n) is 32.3. The molecule has 0 saturated heterocycles.